The van der Waals surface area contributed by atoms with Crippen molar-refractivity contribution in [1.82, 2.24) is 10.6 Å². The van der Waals surface area contributed by atoms with Gasteiger partial charge in [0.25, 0.3) is 5.91 Å². The van der Waals surface area contributed by atoms with Gasteiger partial charge in [-0.05, 0) is 43.2 Å². The van der Waals surface area contributed by atoms with E-state index < -0.39 is 11.9 Å². The molecule has 28 heavy (non-hydrogen) atoms. The van der Waals surface area contributed by atoms with Crippen LogP contribution >= 0.6 is 23.2 Å². The number of methoxy groups -OCH3 is 2. The second-order valence-electron chi connectivity index (χ2n) is 6.03. The van der Waals surface area contributed by atoms with Crippen molar-refractivity contribution in [3.05, 3.63) is 57.6 Å². The van der Waals surface area contributed by atoms with Crippen LogP contribution in [0.3, 0.4) is 0 Å². The van der Waals surface area contributed by atoms with Gasteiger partial charge in [-0.3, -0.25) is 9.59 Å². The fourth-order valence-corrected chi connectivity index (χ4v) is 2.92. The Morgan fingerprint density at radius 1 is 1.07 bits per heavy atom. The van der Waals surface area contributed by atoms with Gasteiger partial charge in [0.2, 0.25) is 5.91 Å². The third kappa shape index (κ3) is 5.53. The molecule has 0 bridgehead atoms. The minimum absolute atomic E-state index is 0.155. The molecule has 0 aromatic heterocycles. The molecular formula is C20H22Cl2N2O4. The van der Waals surface area contributed by atoms with Gasteiger partial charge in [-0.15, -0.1) is 0 Å². The Balaban J connectivity index is 1.87. The zero-order valence-corrected chi connectivity index (χ0v) is 17.4. The van der Waals surface area contributed by atoms with Crippen molar-refractivity contribution in [2.45, 2.75) is 19.4 Å². The van der Waals surface area contributed by atoms with Crippen molar-refractivity contribution in [3.63, 3.8) is 0 Å². The van der Waals surface area contributed by atoms with Gasteiger partial charge in [-0.1, -0.05) is 35.3 Å². The number of ether oxygens (including phenoxy) is 2. The highest BCUT2D eigenvalue weighted by atomic mass is 35.5. The third-order valence-corrected chi connectivity index (χ3v) is 4.92. The molecule has 2 aromatic carbocycles. The van der Waals surface area contributed by atoms with Crippen LogP contribution in [0, 0.1) is 0 Å². The summed E-state index contributed by atoms with van der Waals surface area (Å²) < 4.78 is 10.5. The van der Waals surface area contributed by atoms with Crippen molar-refractivity contribution < 1.29 is 19.1 Å². The van der Waals surface area contributed by atoms with Crippen LogP contribution in [0.15, 0.2) is 36.4 Å². The van der Waals surface area contributed by atoms with E-state index in [4.69, 9.17) is 32.7 Å². The minimum atomic E-state index is -0.729. The second-order valence-corrected chi connectivity index (χ2v) is 6.81. The lowest BCUT2D eigenvalue weighted by Crippen LogP contribution is -2.45. The summed E-state index contributed by atoms with van der Waals surface area (Å²) in [4.78, 5) is 24.5. The van der Waals surface area contributed by atoms with Gasteiger partial charge >= 0.3 is 0 Å². The fourth-order valence-electron chi connectivity index (χ4n) is 2.54. The Kier molecular flexibility index (Phi) is 7.96. The van der Waals surface area contributed by atoms with Crippen molar-refractivity contribution in [1.29, 1.82) is 0 Å². The van der Waals surface area contributed by atoms with Crippen molar-refractivity contribution >= 4 is 35.0 Å². The van der Waals surface area contributed by atoms with Crippen molar-refractivity contribution in [3.8, 4) is 11.5 Å². The highest BCUT2D eigenvalue weighted by Crippen LogP contribution is 2.27. The molecule has 0 fully saturated rings. The molecule has 0 aliphatic rings. The zero-order valence-electron chi connectivity index (χ0n) is 15.8. The van der Waals surface area contributed by atoms with Crippen LogP contribution in [0.25, 0.3) is 0 Å². The lowest BCUT2D eigenvalue weighted by molar-refractivity contribution is -0.122. The predicted octanol–water partition coefficient (Wildman–Crippen LogP) is 3.49. The molecule has 0 saturated heterocycles. The Morgan fingerprint density at radius 2 is 1.79 bits per heavy atom. The summed E-state index contributed by atoms with van der Waals surface area (Å²) in [6.07, 6.45) is 0.604. The van der Waals surface area contributed by atoms with E-state index in [1.54, 1.807) is 39.3 Å². The SMILES string of the molecule is COc1ccc(CCNC(=O)C(C)NC(=O)c2cccc(Cl)c2Cl)cc1OC. The Morgan fingerprint density at radius 3 is 2.46 bits per heavy atom. The maximum Gasteiger partial charge on any atom is 0.253 e. The van der Waals surface area contributed by atoms with Gasteiger partial charge in [0, 0.05) is 6.54 Å². The van der Waals surface area contributed by atoms with Gasteiger partial charge in [0.05, 0.1) is 29.8 Å². The van der Waals surface area contributed by atoms with E-state index in [9.17, 15) is 9.59 Å². The van der Waals surface area contributed by atoms with Crippen LogP contribution in [0.2, 0.25) is 10.0 Å². The van der Waals surface area contributed by atoms with Crippen molar-refractivity contribution in [2.75, 3.05) is 20.8 Å². The number of hydrogen-bond donors (Lipinski definition) is 2. The number of nitrogens with one attached hydrogen (secondary N) is 2. The molecule has 0 heterocycles. The predicted molar refractivity (Wildman–Crippen MR) is 110 cm³/mol. The zero-order chi connectivity index (χ0) is 20.7. The van der Waals surface area contributed by atoms with E-state index in [-0.39, 0.29) is 21.5 Å². The molecule has 8 heteroatoms. The van der Waals surface area contributed by atoms with Gasteiger partial charge in [0.1, 0.15) is 6.04 Å². The molecule has 2 N–H and O–H groups in total. The molecule has 0 saturated carbocycles. The summed E-state index contributed by atoms with van der Waals surface area (Å²) in [6, 6.07) is 9.60. The smallest absolute Gasteiger partial charge is 0.253 e. The number of halogens is 2. The normalized spacial score (nSPS) is 11.5. The van der Waals surface area contributed by atoms with E-state index in [1.165, 1.54) is 0 Å². The van der Waals surface area contributed by atoms with E-state index in [2.05, 4.69) is 10.6 Å². The highest BCUT2D eigenvalue weighted by molar-refractivity contribution is 6.43. The number of carbonyl (C=O) groups is 2. The van der Waals surface area contributed by atoms with Crippen molar-refractivity contribution in [2.24, 2.45) is 0 Å². The maximum absolute atomic E-state index is 12.3. The molecule has 0 spiro atoms. The maximum atomic E-state index is 12.3. The van der Waals surface area contributed by atoms with E-state index in [0.717, 1.165) is 5.56 Å². The molecular weight excluding hydrogens is 403 g/mol. The molecule has 1 unspecified atom stereocenters. The average Bonchev–Trinajstić information content (AvgIpc) is 2.69. The molecule has 2 amide bonds. The molecule has 150 valence electrons. The van der Waals surface area contributed by atoms with Crippen LogP contribution in [0.5, 0.6) is 11.5 Å². The number of carbonyl (C=O) groups excluding carboxylic acids is 2. The number of amides is 2. The molecule has 2 aromatic rings. The first-order valence-electron chi connectivity index (χ1n) is 8.60. The van der Waals surface area contributed by atoms with E-state index >= 15 is 0 Å². The first-order chi connectivity index (χ1) is 13.4. The summed E-state index contributed by atoms with van der Waals surface area (Å²) >= 11 is 12.0. The topological polar surface area (TPSA) is 76.7 Å². The van der Waals surface area contributed by atoms with Gasteiger partial charge < -0.3 is 20.1 Å². The van der Waals surface area contributed by atoms with Crippen LogP contribution in [-0.2, 0) is 11.2 Å². The number of hydrogen-bond acceptors (Lipinski definition) is 4. The molecule has 0 radical (unpaired) electrons. The fraction of sp³-hybridized carbons (Fsp3) is 0.300. The van der Waals surface area contributed by atoms with Crippen LogP contribution < -0.4 is 20.1 Å². The minimum Gasteiger partial charge on any atom is -0.493 e. The first kappa shape index (κ1) is 21.9. The highest BCUT2D eigenvalue weighted by Gasteiger charge is 2.19. The standard InChI is InChI=1S/C20H22Cl2N2O4/c1-12(24-20(26)14-5-4-6-15(21)18(14)22)19(25)23-10-9-13-7-8-16(27-2)17(11-13)28-3/h4-8,11-12H,9-10H2,1-3H3,(H,23,25)(H,24,26). The summed E-state index contributed by atoms with van der Waals surface area (Å²) in [7, 11) is 3.14. The molecule has 1 atom stereocenters. The lowest BCUT2D eigenvalue weighted by Gasteiger charge is -2.15. The first-order valence-corrected chi connectivity index (χ1v) is 9.36. The molecule has 2 rings (SSSR count). The molecule has 6 nitrogen and oxygen atoms in total. The van der Waals surface area contributed by atoms with Gasteiger partial charge in [0.15, 0.2) is 11.5 Å². The van der Waals surface area contributed by atoms with Gasteiger partial charge in [-0.2, -0.15) is 0 Å². The third-order valence-electron chi connectivity index (χ3n) is 4.10. The Labute approximate surface area is 174 Å². The van der Waals surface area contributed by atoms with E-state index in [0.29, 0.717) is 24.5 Å². The lowest BCUT2D eigenvalue weighted by atomic mass is 10.1. The summed E-state index contributed by atoms with van der Waals surface area (Å²) in [5.41, 5.74) is 1.21. The van der Waals surface area contributed by atoms with E-state index in [1.807, 2.05) is 18.2 Å². The summed E-state index contributed by atoms with van der Waals surface area (Å²) in [5.74, 6) is 0.513. The van der Waals surface area contributed by atoms with Crippen LogP contribution in [-0.4, -0.2) is 38.6 Å². The van der Waals surface area contributed by atoms with Gasteiger partial charge in [-0.25, -0.2) is 0 Å². The monoisotopic (exact) mass is 424 g/mol. The molecule has 0 aliphatic carbocycles. The van der Waals surface area contributed by atoms with Crippen LogP contribution in [0.4, 0.5) is 0 Å². The Hall–Kier alpha value is -2.44. The number of benzene rings is 2. The Bertz CT molecular complexity index is 858. The second kappa shape index (κ2) is 10.2. The summed E-state index contributed by atoms with van der Waals surface area (Å²) in [5, 5.41) is 5.84. The quantitative estimate of drug-likeness (QED) is 0.679. The molecule has 0 aliphatic heterocycles. The number of rotatable bonds is 8. The van der Waals surface area contributed by atoms with Crippen LogP contribution in [0.1, 0.15) is 22.8 Å². The summed E-state index contributed by atoms with van der Waals surface area (Å²) in [6.45, 7) is 2.01. The average molecular weight is 425 g/mol. The largest absolute Gasteiger partial charge is 0.493 e.